The summed E-state index contributed by atoms with van der Waals surface area (Å²) in [4.78, 5) is 37.0. The molecule has 1 aliphatic carbocycles. The number of hydrogen-bond acceptors (Lipinski definition) is 4. The molecule has 1 aliphatic rings. The molecule has 1 aromatic heterocycles. The number of aromatic nitrogens is 1. The van der Waals surface area contributed by atoms with Gasteiger partial charge in [0, 0.05) is 23.1 Å². The van der Waals surface area contributed by atoms with Gasteiger partial charge in [0.25, 0.3) is 5.91 Å². The summed E-state index contributed by atoms with van der Waals surface area (Å²) in [5, 5.41) is 20.0. The molecule has 2 aromatic carbocycles. The van der Waals surface area contributed by atoms with Crippen molar-refractivity contribution >= 4 is 28.7 Å². The molecule has 1 heterocycles. The molecule has 7 nitrogen and oxygen atoms in total. The van der Waals surface area contributed by atoms with Crippen molar-refractivity contribution < 1.29 is 29.3 Å². The Morgan fingerprint density at radius 3 is 2.45 bits per heavy atom. The fourth-order valence-electron chi connectivity index (χ4n) is 4.12. The Hall–Kier alpha value is -3.61. The number of carbonyl (C=O) groups is 3. The molecule has 0 radical (unpaired) electrons. The highest BCUT2D eigenvalue weighted by atomic mass is 16.5. The van der Waals surface area contributed by atoms with Gasteiger partial charge in [0.15, 0.2) is 5.41 Å². The lowest BCUT2D eigenvalue weighted by molar-refractivity contribution is -0.165. The van der Waals surface area contributed by atoms with Crippen LogP contribution in [0.15, 0.2) is 48.5 Å². The number of aliphatic carboxylic acids is 2. The highest BCUT2D eigenvalue weighted by molar-refractivity contribution is 6.05. The number of carboxylic acid groups (broad SMARTS) is 2. The van der Waals surface area contributed by atoms with Gasteiger partial charge in [-0.1, -0.05) is 24.3 Å². The number of methoxy groups -OCH3 is 1. The van der Waals surface area contributed by atoms with E-state index in [1.807, 2.05) is 0 Å². The Bertz CT molecular complexity index is 1150. The van der Waals surface area contributed by atoms with Gasteiger partial charge in [0.05, 0.1) is 12.6 Å². The predicted molar refractivity (Wildman–Crippen MR) is 104 cm³/mol. The lowest BCUT2D eigenvalue weighted by Gasteiger charge is -2.29. The molecule has 0 atom stereocenters. The van der Waals surface area contributed by atoms with Crippen LogP contribution < -0.4 is 4.74 Å². The minimum atomic E-state index is -1.89. The molecule has 0 fully saturated rings. The van der Waals surface area contributed by atoms with E-state index >= 15 is 0 Å². The zero-order valence-electron chi connectivity index (χ0n) is 15.7. The van der Waals surface area contributed by atoms with Gasteiger partial charge in [-0.2, -0.15) is 0 Å². The summed E-state index contributed by atoms with van der Waals surface area (Å²) in [5.41, 5.74) is 0.448. The van der Waals surface area contributed by atoms with Crippen LogP contribution in [0.2, 0.25) is 0 Å². The zero-order valence-corrected chi connectivity index (χ0v) is 15.7. The van der Waals surface area contributed by atoms with Gasteiger partial charge >= 0.3 is 11.9 Å². The van der Waals surface area contributed by atoms with Gasteiger partial charge in [0.2, 0.25) is 0 Å². The van der Waals surface area contributed by atoms with Gasteiger partial charge in [0.1, 0.15) is 5.75 Å². The third-order valence-corrected chi connectivity index (χ3v) is 5.69. The average Bonchev–Trinajstić information content (AvgIpc) is 3.06. The van der Waals surface area contributed by atoms with Gasteiger partial charge < -0.3 is 14.9 Å². The number of rotatable bonds is 4. The first-order valence-corrected chi connectivity index (χ1v) is 9.16. The summed E-state index contributed by atoms with van der Waals surface area (Å²) in [6.07, 6.45) is -0.0589. The Balaban J connectivity index is 1.91. The van der Waals surface area contributed by atoms with E-state index in [1.54, 1.807) is 53.1 Å². The summed E-state index contributed by atoms with van der Waals surface area (Å²) in [5.74, 6) is -2.42. The van der Waals surface area contributed by atoms with Crippen LogP contribution in [0.4, 0.5) is 0 Å². The summed E-state index contributed by atoms with van der Waals surface area (Å²) in [7, 11) is 1.52. The third kappa shape index (κ3) is 2.77. The van der Waals surface area contributed by atoms with E-state index in [-0.39, 0.29) is 25.2 Å². The maximum atomic E-state index is 13.4. The second kappa shape index (κ2) is 6.77. The minimum absolute atomic E-state index is 0.0770. The minimum Gasteiger partial charge on any atom is -0.497 e. The molecule has 7 heteroatoms. The molecule has 0 saturated carbocycles. The van der Waals surface area contributed by atoms with Gasteiger partial charge in [-0.05, 0) is 42.7 Å². The molecular formula is C22H19NO6. The SMILES string of the molecule is COc1cccc(C(=O)n2c3c(c4ccccc42)CC(C(=O)O)(C(=O)O)CC3)c1. The van der Waals surface area contributed by atoms with E-state index in [9.17, 15) is 24.6 Å². The molecule has 0 spiro atoms. The molecular weight excluding hydrogens is 374 g/mol. The predicted octanol–water partition coefficient (Wildman–Crippen LogP) is 2.98. The Morgan fingerprint density at radius 2 is 1.76 bits per heavy atom. The van der Waals surface area contributed by atoms with Gasteiger partial charge in [-0.15, -0.1) is 0 Å². The van der Waals surface area contributed by atoms with Crippen molar-refractivity contribution in [1.29, 1.82) is 0 Å². The van der Waals surface area contributed by atoms with Crippen LogP contribution in [-0.2, 0) is 22.4 Å². The first kappa shape index (κ1) is 18.7. The van der Waals surface area contributed by atoms with Gasteiger partial charge in [-0.3, -0.25) is 19.0 Å². The second-order valence-electron chi connectivity index (χ2n) is 7.18. The fraction of sp³-hybridized carbons (Fsp3) is 0.227. The number of fused-ring (bicyclic) bond motifs is 3. The van der Waals surface area contributed by atoms with E-state index < -0.39 is 17.4 Å². The monoisotopic (exact) mass is 393 g/mol. The summed E-state index contributed by atoms with van der Waals surface area (Å²) in [6.45, 7) is 0. The molecule has 148 valence electrons. The maximum absolute atomic E-state index is 13.4. The van der Waals surface area contributed by atoms with Crippen LogP contribution in [0.3, 0.4) is 0 Å². The zero-order chi connectivity index (χ0) is 20.8. The Morgan fingerprint density at radius 1 is 1.03 bits per heavy atom. The van der Waals surface area contributed by atoms with E-state index in [0.29, 0.717) is 33.5 Å². The van der Waals surface area contributed by atoms with Crippen LogP contribution >= 0.6 is 0 Å². The van der Waals surface area contributed by atoms with E-state index in [1.165, 1.54) is 7.11 Å². The van der Waals surface area contributed by atoms with Crippen molar-refractivity contribution in [2.75, 3.05) is 7.11 Å². The summed E-state index contributed by atoms with van der Waals surface area (Å²) >= 11 is 0. The number of benzene rings is 2. The van der Waals surface area contributed by atoms with Crippen molar-refractivity contribution in [3.05, 3.63) is 65.4 Å². The molecule has 0 amide bonds. The smallest absolute Gasteiger partial charge is 0.321 e. The standard InChI is InChI=1S/C22H19NO6/c1-29-14-6-4-5-13(11-14)19(24)23-17-8-3-2-7-15(17)16-12-22(20(25)26,21(27)28)10-9-18(16)23/h2-8,11H,9-10,12H2,1H3,(H,25,26)(H,27,28). The van der Waals surface area contributed by atoms with Crippen LogP contribution in [-0.4, -0.2) is 39.7 Å². The maximum Gasteiger partial charge on any atom is 0.321 e. The van der Waals surface area contributed by atoms with Crippen molar-refractivity contribution in [1.82, 2.24) is 4.57 Å². The quantitative estimate of drug-likeness (QED) is 0.660. The van der Waals surface area contributed by atoms with Crippen LogP contribution in [0.5, 0.6) is 5.75 Å². The van der Waals surface area contributed by atoms with Crippen LogP contribution in [0.25, 0.3) is 10.9 Å². The molecule has 0 bridgehead atoms. The van der Waals surface area contributed by atoms with Crippen molar-refractivity contribution in [3.63, 3.8) is 0 Å². The highest BCUT2D eigenvalue weighted by Crippen LogP contribution is 2.41. The van der Waals surface area contributed by atoms with E-state index in [2.05, 4.69) is 0 Å². The third-order valence-electron chi connectivity index (χ3n) is 5.69. The summed E-state index contributed by atoms with van der Waals surface area (Å²) < 4.78 is 6.79. The van der Waals surface area contributed by atoms with Crippen molar-refractivity contribution in [2.24, 2.45) is 5.41 Å². The van der Waals surface area contributed by atoms with Crippen molar-refractivity contribution in [2.45, 2.75) is 19.3 Å². The number of ether oxygens (including phenoxy) is 1. The molecule has 29 heavy (non-hydrogen) atoms. The van der Waals surface area contributed by atoms with E-state index in [4.69, 9.17) is 4.74 Å². The summed E-state index contributed by atoms with van der Waals surface area (Å²) in [6, 6.07) is 14.0. The average molecular weight is 393 g/mol. The topological polar surface area (TPSA) is 106 Å². The molecule has 3 aromatic rings. The number of nitrogens with zero attached hydrogens (tertiary/aromatic N) is 1. The largest absolute Gasteiger partial charge is 0.497 e. The molecule has 0 aliphatic heterocycles. The second-order valence-corrected chi connectivity index (χ2v) is 7.18. The molecule has 0 saturated heterocycles. The van der Waals surface area contributed by atoms with Gasteiger partial charge in [-0.25, -0.2) is 0 Å². The highest BCUT2D eigenvalue weighted by Gasteiger charge is 2.50. The molecule has 0 unspecified atom stereocenters. The number of para-hydroxylation sites is 1. The Kier molecular flexibility index (Phi) is 4.38. The Labute approximate surface area is 166 Å². The van der Waals surface area contributed by atoms with Crippen LogP contribution in [0, 0.1) is 5.41 Å². The first-order valence-electron chi connectivity index (χ1n) is 9.16. The number of hydrogen-bond donors (Lipinski definition) is 2. The fourth-order valence-corrected chi connectivity index (χ4v) is 4.12. The number of carboxylic acids is 2. The van der Waals surface area contributed by atoms with Crippen LogP contribution in [0.1, 0.15) is 28.0 Å². The normalized spacial score (nSPS) is 14.9. The molecule has 4 rings (SSSR count). The van der Waals surface area contributed by atoms with Crippen molar-refractivity contribution in [3.8, 4) is 5.75 Å². The number of carbonyl (C=O) groups excluding carboxylic acids is 1. The molecule has 2 N–H and O–H groups in total. The lowest BCUT2D eigenvalue weighted by Crippen LogP contribution is -2.44. The lowest BCUT2D eigenvalue weighted by atomic mass is 9.72. The van der Waals surface area contributed by atoms with E-state index in [0.717, 1.165) is 0 Å². The first-order chi connectivity index (χ1) is 13.9.